The molecule has 0 amide bonds. The minimum atomic E-state index is 0.811. The Kier molecular flexibility index (Phi) is 3.65. The summed E-state index contributed by atoms with van der Waals surface area (Å²) in [6.45, 7) is 7.78. The first-order valence-electron chi connectivity index (χ1n) is 6.47. The van der Waals surface area contributed by atoms with Crippen LogP contribution in [-0.4, -0.2) is 12.6 Å². The van der Waals surface area contributed by atoms with Crippen molar-refractivity contribution in [1.29, 1.82) is 0 Å². The standard InChI is InChI=1S/C15H23N/c1-11-9-12(2)15(13(3)10-11)7-8-16-14-5-4-6-14/h9-10,14,16H,4-8H2,1-3H3. The average Bonchev–Trinajstić information content (AvgIpc) is 2.12. The lowest BCUT2D eigenvalue weighted by Gasteiger charge is -2.26. The molecule has 1 saturated carbocycles. The highest BCUT2D eigenvalue weighted by molar-refractivity contribution is 5.37. The van der Waals surface area contributed by atoms with Crippen molar-refractivity contribution in [2.75, 3.05) is 6.54 Å². The van der Waals surface area contributed by atoms with Crippen LogP contribution in [0.3, 0.4) is 0 Å². The third-order valence-electron chi connectivity index (χ3n) is 3.75. The van der Waals surface area contributed by atoms with Gasteiger partial charge in [0.1, 0.15) is 0 Å². The largest absolute Gasteiger partial charge is 0.314 e. The van der Waals surface area contributed by atoms with Gasteiger partial charge in [0.15, 0.2) is 0 Å². The van der Waals surface area contributed by atoms with Crippen LogP contribution in [0.25, 0.3) is 0 Å². The highest BCUT2D eigenvalue weighted by Gasteiger charge is 2.16. The Morgan fingerprint density at radius 1 is 1.12 bits per heavy atom. The van der Waals surface area contributed by atoms with Crippen molar-refractivity contribution in [1.82, 2.24) is 5.32 Å². The summed E-state index contributed by atoms with van der Waals surface area (Å²) in [5.74, 6) is 0. The third-order valence-corrected chi connectivity index (χ3v) is 3.75. The maximum Gasteiger partial charge on any atom is 0.00672 e. The van der Waals surface area contributed by atoms with E-state index in [1.165, 1.54) is 47.9 Å². The van der Waals surface area contributed by atoms with Gasteiger partial charge in [0, 0.05) is 6.04 Å². The predicted octanol–water partition coefficient (Wildman–Crippen LogP) is 3.30. The Bertz CT molecular complexity index is 341. The number of hydrogen-bond acceptors (Lipinski definition) is 1. The van der Waals surface area contributed by atoms with Crippen molar-refractivity contribution >= 4 is 0 Å². The van der Waals surface area contributed by atoms with Crippen LogP contribution < -0.4 is 5.32 Å². The van der Waals surface area contributed by atoms with E-state index >= 15 is 0 Å². The first kappa shape index (κ1) is 11.7. The van der Waals surface area contributed by atoms with E-state index in [-0.39, 0.29) is 0 Å². The second-order valence-corrected chi connectivity index (χ2v) is 5.21. The van der Waals surface area contributed by atoms with Crippen LogP contribution in [0.4, 0.5) is 0 Å². The predicted molar refractivity (Wildman–Crippen MR) is 70.0 cm³/mol. The smallest absolute Gasteiger partial charge is 0.00672 e. The van der Waals surface area contributed by atoms with Crippen LogP contribution in [-0.2, 0) is 6.42 Å². The summed E-state index contributed by atoms with van der Waals surface area (Å²) in [4.78, 5) is 0. The van der Waals surface area contributed by atoms with E-state index < -0.39 is 0 Å². The van der Waals surface area contributed by atoms with Crippen molar-refractivity contribution in [2.45, 2.75) is 52.5 Å². The van der Waals surface area contributed by atoms with Crippen molar-refractivity contribution in [3.63, 3.8) is 0 Å². The summed E-state index contributed by atoms with van der Waals surface area (Å²) in [6, 6.07) is 5.41. The van der Waals surface area contributed by atoms with Gasteiger partial charge in [0.2, 0.25) is 0 Å². The number of nitrogens with one attached hydrogen (secondary N) is 1. The second kappa shape index (κ2) is 5.01. The molecule has 2 rings (SSSR count). The molecule has 1 aromatic rings. The molecule has 0 aromatic heterocycles. The summed E-state index contributed by atoms with van der Waals surface area (Å²) < 4.78 is 0. The zero-order chi connectivity index (χ0) is 11.5. The first-order chi connectivity index (χ1) is 7.66. The van der Waals surface area contributed by atoms with Gasteiger partial charge in [-0.05, 0) is 63.3 Å². The van der Waals surface area contributed by atoms with Crippen LogP contribution >= 0.6 is 0 Å². The molecule has 0 aliphatic heterocycles. The van der Waals surface area contributed by atoms with E-state index in [4.69, 9.17) is 0 Å². The molecular formula is C15H23N. The Labute approximate surface area is 99.3 Å². The first-order valence-corrected chi connectivity index (χ1v) is 6.47. The minimum absolute atomic E-state index is 0.811. The Hall–Kier alpha value is -0.820. The summed E-state index contributed by atoms with van der Waals surface area (Å²) in [5, 5.41) is 3.64. The van der Waals surface area contributed by atoms with Gasteiger partial charge in [0.25, 0.3) is 0 Å². The molecular weight excluding hydrogens is 194 g/mol. The molecule has 0 radical (unpaired) electrons. The van der Waals surface area contributed by atoms with Gasteiger partial charge < -0.3 is 5.32 Å². The van der Waals surface area contributed by atoms with E-state index in [1.807, 2.05) is 0 Å². The Balaban J connectivity index is 1.92. The quantitative estimate of drug-likeness (QED) is 0.816. The number of hydrogen-bond donors (Lipinski definition) is 1. The lowest BCUT2D eigenvalue weighted by Crippen LogP contribution is -2.36. The molecule has 16 heavy (non-hydrogen) atoms. The Morgan fingerprint density at radius 2 is 1.75 bits per heavy atom. The van der Waals surface area contributed by atoms with Crippen molar-refractivity contribution in [3.05, 3.63) is 34.4 Å². The highest BCUT2D eigenvalue weighted by atomic mass is 14.9. The van der Waals surface area contributed by atoms with E-state index in [0.717, 1.165) is 12.6 Å². The van der Waals surface area contributed by atoms with E-state index in [0.29, 0.717) is 0 Å². The summed E-state index contributed by atoms with van der Waals surface area (Å²) in [5.41, 5.74) is 5.82. The van der Waals surface area contributed by atoms with E-state index in [2.05, 4.69) is 38.2 Å². The zero-order valence-electron chi connectivity index (χ0n) is 10.8. The van der Waals surface area contributed by atoms with E-state index in [9.17, 15) is 0 Å². The molecule has 1 heteroatoms. The summed E-state index contributed by atoms with van der Waals surface area (Å²) in [6.07, 6.45) is 5.35. The molecule has 1 N–H and O–H groups in total. The van der Waals surface area contributed by atoms with Crippen LogP contribution in [0.2, 0.25) is 0 Å². The normalized spacial score (nSPS) is 16.2. The molecule has 1 aliphatic rings. The van der Waals surface area contributed by atoms with Crippen molar-refractivity contribution in [2.24, 2.45) is 0 Å². The maximum absolute atomic E-state index is 3.64. The SMILES string of the molecule is Cc1cc(C)c(CCNC2CCC2)c(C)c1. The van der Waals surface area contributed by atoms with Gasteiger partial charge in [-0.1, -0.05) is 24.1 Å². The van der Waals surface area contributed by atoms with Crippen LogP contribution in [0.1, 0.15) is 41.5 Å². The fraction of sp³-hybridized carbons (Fsp3) is 0.600. The van der Waals surface area contributed by atoms with Gasteiger partial charge in [-0.15, -0.1) is 0 Å². The molecule has 0 bridgehead atoms. The molecule has 88 valence electrons. The third kappa shape index (κ3) is 2.65. The Morgan fingerprint density at radius 3 is 2.25 bits per heavy atom. The second-order valence-electron chi connectivity index (χ2n) is 5.21. The molecule has 1 aliphatic carbocycles. The molecule has 0 heterocycles. The van der Waals surface area contributed by atoms with Crippen LogP contribution in [0.15, 0.2) is 12.1 Å². The monoisotopic (exact) mass is 217 g/mol. The van der Waals surface area contributed by atoms with Gasteiger partial charge in [-0.25, -0.2) is 0 Å². The minimum Gasteiger partial charge on any atom is -0.314 e. The topological polar surface area (TPSA) is 12.0 Å². The van der Waals surface area contributed by atoms with Gasteiger partial charge in [-0.2, -0.15) is 0 Å². The maximum atomic E-state index is 3.64. The lowest BCUT2D eigenvalue weighted by molar-refractivity contribution is 0.342. The molecule has 1 aromatic carbocycles. The fourth-order valence-corrected chi connectivity index (χ4v) is 2.62. The highest BCUT2D eigenvalue weighted by Crippen LogP contribution is 2.19. The molecule has 0 unspecified atom stereocenters. The van der Waals surface area contributed by atoms with Crippen LogP contribution in [0.5, 0.6) is 0 Å². The molecule has 1 nitrogen and oxygen atoms in total. The number of rotatable bonds is 4. The number of benzene rings is 1. The summed E-state index contributed by atoms with van der Waals surface area (Å²) in [7, 11) is 0. The van der Waals surface area contributed by atoms with E-state index in [1.54, 1.807) is 0 Å². The van der Waals surface area contributed by atoms with Crippen molar-refractivity contribution in [3.8, 4) is 0 Å². The number of aryl methyl sites for hydroxylation is 3. The van der Waals surface area contributed by atoms with Crippen molar-refractivity contribution < 1.29 is 0 Å². The average molecular weight is 217 g/mol. The van der Waals surface area contributed by atoms with Gasteiger partial charge in [-0.3, -0.25) is 0 Å². The van der Waals surface area contributed by atoms with Gasteiger partial charge >= 0.3 is 0 Å². The molecule has 0 spiro atoms. The summed E-state index contributed by atoms with van der Waals surface area (Å²) >= 11 is 0. The lowest BCUT2D eigenvalue weighted by atomic mass is 9.92. The molecule has 1 fully saturated rings. The van der Waals surface area contributed by atoms with Gasteiger partial charge in [0.05, 0.1) is 0 Å². The molecule has 0 atom stereocenters. The van der Waals surface area contributed by atoms with Crippen LogP contribution in [0, 0.1) is 20.8 Å². The fourth-order valence-electron chi connectivity index (χ4n) is 2.62. The molecule has 0 saturated heterocycles. The zero-order valence-corrected chi connectivity index (χ0v) is 10.8.